The van der Waals surface area contributed by atoms with E-state index >= 15 is 0 Å². The van der Waals surface area contributed by atoms with Gasteiger partial charge in [-0.3, -0.25) is 14.6 Å². The number of carboxylic acid groups (broad SMARTS) is 1. The predicted octanol–water partition coefficient (Wildman–Crippen LogP) is -0.822. The standard InChI is InChI=1S/C8H8N2O4/c11-6-5-3(7(12)13)1-2-4(5)9-8(14)10-6/h3H,1-2H2,(H,12,13)(H2,9,10,11,14). The number of aromatic nitrogens is 2. The van der Waals surface area contributed by atoms with E-state index < -0.39 is 23.1 Å². The number of rotatable bonds is 1. The number of aliphatic carboxylic acids is 1. The molecule has 1 aromatic heterocycles. The average molecular weight is 196 g/mol. The third kappa shape index (κ3) is 1.15. The van der Waals surface area contributed by atoms with Crippen LogP contribution in [-0.4, -0.2) is 21.0 Å². The molecule has 0 aliphatic heterocycles. The highest BCUT2D eigenvalue weighted by molar-refractivity contribution is 5.77. The fourth-order valence-electron chi connectivity index (χ4n) is 1.79. The maximum atomic E-state index is 11.3. The van der Waals surface area contributed by atoms with E-state index in [0.717, 1.165) is 0 Å². The lowest BCUT2D eigenvalue weighted by Crippen LogP contribution is -2.28. The number of aryl methyl sites for hydroxylation is 1. The van der Waals surface area contributed by atoms with Crippen molar-refractivity contribution in [3.8, 4) is 0 Å². The minimum absolute atomic E-state index is 0.192. The first-order valence-corrected chi connectivity index (χ1v) is 4.18. The molecule has 0 spiro atoms. The van der Waals surface area contributed by atoms with Gasteiger partial charge in [0.2, 0.25) is 0 Å². The second-order valence-electron chi connectivity index (χ2n) is 3.23. The Balaban J connectivity index is 2.66. The van der Waals surface area contributed by atoms with E-state index in [1.54, 1.807) is 0 Å². The van der Waals surface area contributed by atoms with Gasteiger partial charge in [-0.25, -0.2) is 4.79 Å². The Morgan fingerprint density at radius 1 is 1.36 bits per heavy atom. The zero-order valence-electron chi connectivity index (χ0n) is 7.16. The molecular formula is C8H8N2O4. The van der Waals surface area contributed by atoms with Gasteiger partial charge >= 0.3 is 11.7 Å². The van der Waals surface area contributed by atoms with Crippen molar-refractivity contribution in [2.45, 2.75) is 18.8 Å². The van der Waals surface area contributed by atoms with Crippen LogP contribution in [-0.2, 0) is 11.2 Å². The molecule has 1 aliphatic carbocycles. The van der Waals surface area contributed by atoms with Crippen LogP contribution in [0, 0.1) is 0 Å². The Morgan fingerprint density at radius 3 is 2.71 bits per heavy atom. The van der Waals surface area contributed by atoms with Crippen LogP contribution in [0.4, 0.5) is 0 Å². The Bertz CT molecular complexity index is 499. The summed E-state index contributed by atoms with van der Waals surface area (Å²) in [5, 5.41) is 8.81. The summed E-state index contributed by atoms with van der Waals surface area (Å²) >= 11 is 0. The molecule has 6 nitrogen and oxygen atoms in total. The van der Waals surface area contributed by atoms with Crippen LogP contribution in [0.5, 0.6) is 0 Å². The first-order chi connectivity index (χ1) is 6.59. The van der Waals surface area contributed by atoms with Crippen LogP contribution in [0.2, 0.25) is 0 Å². The number of hydrogen-bond acceptors (Lipinski definition) is 3. The maximum absolute atomic E-state index is 11.3. The van der Waals surface area contributed by atoms with Gasteiger partial charge in [-0.15, -0.1) is 0 Å². The molecule has 0 aromatic carbocycles. The molecule has 1 aliphatic rings. The van der Waals surface area contributed by atoms with Gasteiger partial charge in [-0.05, 0) is 12.8 Å². The second kappa shape index (κ2) is 2.83. The highest BCUT2D eigenvalue weighted by Crippen LogP contribution is 2.27. The monoisotopic (exact) mass is 196 g/mol. The van der Waals surface area contributed by atoms with Crippen LogP contribution in [0.15, 0.2) is 9.59 Å². The van der Waals surface area contributed by atoms with E-state index in [2.05, 4.69) is 4.98 Å². The van der Waals surface area contributed by atoms with Crippen LogP contribution < -0.4 is 11.2 Å². The van der Waals surface area contributed by atoms with Crippen LogP contribution >= 0.6 is 0 Å². The van der Waals surface area contributed by atoms with Crippen molar-refractivity contribution in [1.29, 1.82) is 0 Å². The van der Waals surface area contributed by atoms with E-state index in [9.17, 15) is 14.4 Å². The number of nitrogens with one attached hydrogen (secondary N) is 2. The Hall–Kier alpha value is -1.85. The van der Waals surface area contributed by atoms with E-state index in [1.807, 2.05) is 4.98 Å². The molecule has 0 saturated carbocycles. The summed E-state index contributed by atoms with van der Waals surface area (Å²) in [6.07, 6.45) is 0.805. The quantitative estimate of drug-likeness (QED) is 0.545. The van der Waals surface area contributed by atoms with E-state index in [4.69, 9.17) is 5.11 Å². The maximum Gasteiger partial charge on any atom is 0.325 e. The van der Waals surface area contributed by atoms with Gasteiger partial charge < -0.3 is 10.1 Å². The SMILES string of the molecule is O=C(O)C1CCc2[nH]c(=O)[nH]c(=O)c21. The van der Waals surface area contributed by atoms with Crippen LogP contribution in [0.25, 0.3) is 0 Å². The molecule has 74 valence electrons. The van der Waals surface area contributed by atoms with E-state index in [-0.39, 0.29) is 5.56 Å². The summed E-state index contributed by atoms with van der Waals surface area (Å²) in [6.45, 7) is 0. The Kier molecular flexibility index (Phi) is 1.77. The zero-order valence-corrected chi connectivity index (χ0v) is 7.16. The van der Waals surface area contributed by atoms with E-state index in [1.165, 1.54) is 0 Å². The summed E-state index contributed by atoms with van der Waals surface area (Å²) in [5.41, 5.74) is -0.531. The molecule has 1 aromatic rings. The van der Waals surface area contributed by atoms with Gasteiger partial charge in [0.05, 0.1) is 11.5 Å². The first-order valence-electron chi connectivity index (χ1n) is 4.18. The number of carbonyl (C=O) groups is 1. The van der Waals surface area contributed by atoms with Gasteiger partial charge in [0.25, 0.3) is 5.56 Å². The molecule has 1 atom stereocenters. The lowest BCUT2D eigenvalue weighted by atomic mass is 10.1. The summed E-state index contributed by atoms with van der Waals surface area (Å²) in [4.78, 5) is 37.4. The topological polar surface area (TPSA) is 103 Å². The van der Waals surface area contributed by atoms with Crippen LogP contribution in [0.3, 0.4) is 0 Å². The lowest BCUT2D eigenvalue weighted by molar-refractivity contribution is -0.138. The minimum Gasteiger partial charge on any atom is -0.481 e. The molecule has 3 N–H and O–H groups in total. The number of carboxylic acids is 1. The molecule has 2 rings (SSSR count). The first kappa shape index (κ1) is 8.74. The fraction of sp³-hybridized carbons (Fsp3) is 0.375. The van der Waals surface area contributed by atoms with Crippen molar-refractivity contribution < 1.29 is 9.90 Å². The van der Waals surface area contributed by atoms with E-state index in [0.29, 0.717) is 18.5 Å². The predicted molar refractivity (Wildman–Crippen MR) is 46.4 cm³/mol. The van der Waals surface area contributed by atoms with Crippen molar-refractivity contribution in [1.82, 2.24) is 9.97 Å². The fourth-order valence-corrected chi connectivity index (χ4v) is 1.79. The number of fused-ring (bicyclic) bond motifs is 1. The normalized spacial score (nSPS) is 19.3. The summed E-state index contributed by atoms with van der Waals surface area (Å²) < 4.78 is 0. The molecule has 1 heterocycles. The van der Waals surface area contributed by atoms with Crippen molar-refractivity contribution in [2.75, 3.05) is 0 Å². The third-order valence-corrected chi connectivity index (χ3v) is 2.39. The second-order valence-corrected chi connectivity index (χ2v) is 3.23. The molecule has 0 radical (unpaired) electrons. The largest absolute Gasteiger partial charge is 0.481 e. The molecule has 0 fully saturated rings. The molecule has 0 bridgehead atoms. The molecule has 0 saturated heterocycles. The molecular weight excluding hydrogens is 188 g/mol. The van der Waals surface area contributed by atoms with Gasteiger partial charge in [-0.1, -0.05) is 0 Å². The van der Waals surface area contributed by atoms with Gasteiger partial charge in [-0.2, -0.15) is 0 Å². The Morgan fingerprint density at radius 2 is 2.07 bits per heavy atom. The molecule has 14 heavy (non-hydrogen) atoms. The molecule has 0 amide bonds. The Labute approximate surface area is 77.6 Å². The summed E-state index contributed by atoms with van der Waals surface area (Å²) in [5.74, 6) is -1.81. The van der Waals surface area contributed by atoms with Crippen LogP contribution in [0.1, 0.15) is 23.6 Å². The van der Waals surface area contributed by atoms with Crippen molar-refractivity contribution in [3.05, 3.63) is 32.1 Å². The summed E-state index contributed by atoms with van der Waals surface area (Å²) in [7, 11) is 0. The smallest absolute Gasteiger partial charge is 0.325 e. The van der Waals surface area contributed by atoms with Crippen molar-refractivity contribution >= 4 is 5.97 Å². The van der Waals surface area contributed by atoms with Crippen molar-refractivity contribution in [3.63, 3.8) is 0 Å². The molecule has 1 unspecified atom stereocenters. The lowest BCUT2D eigenvalue weighted by Gasteiger charge is -2.02. The van der Waals surface area contributed by atoms with Gasteiger partial charge in [0, 0.05) is 5.69 Å². The highest BCUT2D eigenvalue weighted by Gasteiger charge is 2.31. The zero-order chi connectivity index (χ0) is 10.3. The van der Waals surface area contributed by atoms with Crippen molar-refractivity contribution in [2.24, 2.45) is 0 Å². The number of hydrogen-bond donors (Lipinski definition) is 3. The summed E-state index contributed by atoms with van der Waals surface area (Å²) in [6, 6.07) is 0. The highest BCUT2D eigenvalue weighted by atomic mass is 16.4. The number of H-pyrrole nitrogens is 2. The number of aromatic amines is 2. The average Bonchev–Trinajstić information content (AvgIpc) is 2.47. The third-order valence-electron chi connectivity index (χ3n) is 2.39. The van der Waals surface area contributed by atoms with Gasteiger partial charge in [0.15, 0.2) is 0 Å². The molecule has 6 heteroatoms. The minimum atomic E-state index is -1.03. The van der Waals surface area contributed by atoms with Gasteiger partial charge in [0.1, 0.15) is 0 Å².